The molecule has 0 fully saturated rings. The zero-order chi connectivity index (χ0) is 14.5. The minimum atomic E-state index is -0.210. The standard InChI is InChI=1S/C15H13ClINO2/c16-8-10-1-3-11(4-2-10)9-18-15(20)12-5-6-13(17)14(19)7-12/h1-7,19H,8-9H2,(H,18,20). The van der Waals surface area contributed by atoms with Crippen LogP contribution < -0.4 is 5.32 Å². The highest BCUT2D eigenvalue weighted by Crippen LogP contribution is 2.20. The third-order valence-electron chi connectivity index (χ3n) is 2.84. The molecule has 0 unspecified atom stereocenters. The number of amides is 1. The van der Waals surface area contributed by atoms with Crippen molar-refractivity contribution in [1.82, 2.24) is 5.32 Å². The average molecular weight is 402 g/mol. The average Bonchev–Trinajstić information content (AvgIpc) is 2.48. The van der Waals surface area contributed by atoms with Gasteiger partial charge in [0, 0.05) is 18.0 Å². The van der Waals surface area contributed by atoms with Gasteiger partial charge in [0.1, 0.15) is 5.75 Å². The molecule has 0 bridgehead atoms. The quantitative estimate of drug-likeness (QED) is 0.607. The van der Waals surface area contributed by atoms with Crippen molar-refractivity contribution in [2.24, 2.45) is 0 Å². The van der Waals surface area contributed by atoms with Gasteiger partial charge < -0.3 is 10.4 Å². The molecule has 0 heterocycles. The predicted molar refractivity (Wildman–Crippen MR) is 88.0 cm³/mol. The van der Waals surface area contributed by atoms with Crippen molar-refractivity contribution in [2.75, 3.05) is 0 Å². The summed E-state index contributed by atoms with van der Waals surface area (Å²) < 4.78 is 0.718. The van der Waals surface area contributed by atoms with E-state index in [1.54, 1.807) is 12.1 Å². The van der Waals surface area contributed by atoms with Gasteiger partial charge in [0.15, 0.2) is 0 Å². The minimum absolute atomic E-state index is 0.115. The van der Waals surface area contributed by atoms with Gasteiger partial charge in [0.25, 0.3) is 5.91 Å². The fourth-order valence-corrected chi connectivity index (χ4v) is 2.20. The van der Waals surface area contributed by atoms with E-state index in [0.29, 0.717) is 18.0 Å². The molecule has 0 aromatic heterocycles. The summed E-state index contributed by atoms with van der Waals surface area (Å²) in [7, 11) is 0. The first-order valence-corrected chi connectivity index (χ1v) is 7.62. The lowest BCUT2D eigenvalue weighted by atomic mass is 10.1. The van der Waals surface area contributed by atoms with E-state index in [4.69, 9.17) is 11.6 Å². The zero-order valence-corrected chi connectivity index (χ0v) is 13.5. The van der Waals surface area contributed by atoms with Crippen LogP contribution in [0.15, 0.2) is 42.5 Å². The third kappa shape index (κ3) is 3.86. The number of aromatic hydroxyl groups is 1. The van der Waals surface area contributed by atoms with E-state index in [-0.39, 0.29) is 11.7 Å². The molecule has 0 spiro atoms. The molecule has 2 aromatic carbocycles. The Morgan fingerprint density at radius 2 is 1.80 bits per heavy atom. The summed E-state index contributed by atoms with van der Waals surface area (Å²) in [5.74, 6) is 0.386. The van der Waals surface area contributed by atoms with Crippen LogP contribution in [0.5, 0.6) is 5.75 Å². The molecule has 0 saturated heterocycles. The van der Waals surface area contributed by atoms with Crippen LogP contribution in [0.2, 0.25) is 0 Å². The number of carbonyl (C=O) groups is 1. The number of alkyl halides is 1. The first-order chi connectivity index (χ1) is 9.60. The van der Waals surface area contributed by atoms with E-state index in [9.17, 15) is 9.90 Å². The Morgan fingerprint density at radius 3 is 2.40 bits per heavy atom. The Kier molecular flexibility index (Phi) is 5.25. The largest absolute Gasteiger partial charge is 0.507 e. The number of nitrogens with one attached hydrogen (secondary N) is 1. The van der Waals surface area contributed by atoms with Crippen molar-refractivity contribution in [3.63, 3.8) is 0 Å². The van der Waals surface area contributed by atoms with Gasteiger partial charge in [-0.2, -0.15) is 0 Å². The Balaban J connectivity index is 1.98. The van der Waals surface area contributed by atoms with E-state index >= 15 is 0 Å². The Morgan fingerprint density at radius 1 is 1.15 bits per heavy atom. The number of phenols is 1. The summed E-state index contributed by atoms with van der Waals surface area (Å²) in [6, 6.07) is 12.6. The predicted octanol–water partition coefficient (Wildman–Crippen LogP) is 3.67. The molecule has 20 heavy (non-hydrogen) atoms. The molecule has 104 valence electrons. The summed E-state index contributed by atoms with van der Waals surface area (Å²) in [6.45, 7) is 0.439. The lowest BCUT2D eigenvalue weighted by Crippen LogP contribution is -2.22. The van der Waals surface area contributed by atoms with Gasteiger partial charge in [-0.15, -0.1) is 11.6 Å². The van der Waals surface area contributed by atoms with E-state index in [2.05, 4.69) is 5.32 Å². The second-order valence-corrected chi connectivity index (χ2v) is 5.73. The molecule has 0 atom stereocenters. The fraction of sp³-hybridized carbons (Fsp3) is 0.133. The molecule has 1 amide bonds. The maximum Gasteiger partial charge on any atom is 0.251 e. The molecule has 2 rings (SSSR count). The van der Waals surface area contributed by atoms with Gasteiger partial charge in [0.05, 0.1) is 3.57 Å². The van der Waals surface area contributed by atoms with Crippen molar-refractivity contribution >= 4 is 40.1 Å². The molecule has 0 saturated carbocycles. The van der Waals surface area contributed by atoms with Crippen LogP contribution in [0.3, 0.4) is 0 Å². The van der Waals surface area contributed by atoms with Crippen molar-refractivity contribution in [3.05, 3.63) is 62.7 Å². The maximum atomic E-state index is 12.0. The first-order valence-electron chi connectivity index (χ1n) is 6.00. The van der Waals surface area contributed by atoms with Crippen LogP contribution in [0.4, 0.5) is 0 Å². The van der Waals surface area contributed by atoms with E-state index in [0.717, 1.165) is 14.7 Å². The van der Waals surface area contributed by atoms with Crippen LogP contribution >= 0.6 is 34.2 Å². The second kappa shape index (κ2) is 6.95. The molecule has 3 nitrogen and oxygen atoms in total. The summed E-state index contributed by atoms with van der Waals surface area (Å²) in [5.41, 5.74) is 2.49. The zero-order valence-electron chi connectivity index (χ0n) is 10.6. The molecule has 0 aliphatic rings. The van der Waals surface area contributed by atoms with Crippen LogP contribution in [0.25, 0.3) is 0 Å². The molecule has 0 aliphatic carbocycles. The third-order valence-corrected chi connectivity index (χ3v) is 4.06. The smallest absolute Gasteiger partial charge is 0.251 e. The number of carbonyl (C=O) groups excluding carboxylic acids is 1. The number of rotatable bonds is 4. The van der Waals surface area contributed by atoms with Gasteiger partial charge >= 0.3 is 0 Å². The van der Waals surface area contributed by atoms with Crippen LogP contribution in [-0.2, 0) is 12.4 Å². The van der Waals surface area contributed by atoms with Crippen molar-refractivity contribution in [2.45, 2.75) is 12.4 Å². The minimum Gasteiger partial charge on any atom is -0.507 e. The van der Waals surface area contributed by atoms with Gasteiger partial charge in [0.2, 0.25) is 0 Å². The fourth-order valence-electron chi connectivity index (χ4n) is 1.68. The maximum absolute atomic E-state index is 12.0. The number of hydrogen-bond donors (Lipinski definition) is 2. The van der Waals surface area contributed by atoms with Gasteiger partial charge in [-0.25, -0.2) is 0 Å². The molecule has 2 N–H and O–H groups in total. The lowest BCUT2D eigenvalue weighted by Gasteiger charge is -2.07. The normalized spacial score (nSPS) is 10.3. The van der Waals surface area contributed by atoms with Gasteiger partial charge in [-0.05, 0) is 51.9 Å². The summed E-state index contributed by atoms with van der Waals surface area (Å²) >= 11 is 7.73. The molecule has 0 radical (unpaired) electrons. The van der Waals surface area contributed by atoms with Crippen LogP contribution in [-0.4, -0.2) is 11.0 Å². The SMILES string of the molecule is O=C(NCc1ccc(CCl)cc1)c1ccc(I)c(O)c1. The van der Waals surface area contributed by atoms with Gasteiger partial charge in [-0.1, -0.05) is 24.3 Å². The first kappa shape index (κ1) is 15.1. The van der Waals surface area contributed by atoms with Crippen molar-refractivity contribution in [1.29, 1.82) is 0 Å². The highest BCUT2D eigenvalue weighted by molar-refractivity contribution is 14.1. The topological polar surface area (TPSA) is 49.3 Å². The highest BCUT2D eigenvalue weighted by atomic mass is 127. The van der Waals surface area contributed by atoms with Crippen molar-refractivity contribution in [3.8, 4) is 5.75 Å². The van der Waals surface area contributed by atoms with E-state index in [1.807, 2.05) is 46.9 Å². The number of halogens is 2. The van der Waals surface area contributed by atoms with Crippen LogP contribution in [0, 0.1) is 3.57 Å². The lowest BCUT2D eigenvalue weighted by molar-refractivity contribution is 0.0950. The number of benzene rings is 2. The Labute approximate surface area is 136 Å². The monoisotopic (exact) mass is 401 g/mol. The van der Waals surface area contributed by atoms with Gasteiger partial charge in [-0.3, -0.25) is 4.79 Å². The molecular formula is C15H13ClINO2. The molecule has 2 aromatic rings. The highest BCUT2D eigenvalue weighted by Gasteiger charge is 2.07. The number of hydrogen-bond acceptors (Lipinski definition) is 2. The Hall–Kier alpha value is -1.27. The summed E-state index contributed by atoms with van der Waals surface area (Å²) in [4.78, 5) is 12.0. The van der Waals surface area contributed by atoms with Crippen LogP contribution in [0.1, 0.15) is 21.5 Å². The molecule has 0 aliphatic heterocycles. The van der Waals surface area contributed by atoms with E-state index < -0.39 is 0 Å². The Bertz CT molecular complexity index is 614. The summed E-state index contributed by atoms with van der Waals surface area (Å²) in [6.07, 6.45) is 0. The number of phenolic OH excluding ortho intramolecular Hbond substituents is 1. The molecular weight excluding hydrogens is 389 g/mol. The molecule has 5 heteroatoms. The van der Waals surface area contributed by atoms with E-state index in [1.165, 1.54) is 6.07 Å². The second-order valence-electron chi connectivity index (χ2n) is 4.30. The summed E-state index contributed by atoms with van der Waals surface area (Å²) in [5, 5.41) is 12.4. The van der Waals surface area contributed by atoms with Crippen molar-refractivity contribution < 1.29 is 9.90 Å².